The van der Waals surface area contributed by atoms with Gasteiger partial charge in [0, 0.05) is 20.1 Å². The predicted octanol–water partition coefficient (Wildman–Crippen LogP) is 0.691. The number of aromatic nitrogens is 5. The Morgan fingerprint density at radius 1 is 1.29 bits per heavy atom. The molecule has 0 aromatic carbocycles. The molecule has 10 heteroatoms. The van der Waals surface area contributed by atoms with Crippen LogP contribution in [0.15, 0.2) is 24.0 Å². The molecule has 21 heavy (non-hydrogen) atoms. The van der Waals surface area contributed by atoms with Crippen molar-refractivity contribution in [1.29, 1.82) is 0 Å². The molecule has 0 radical (unpaired) electrons. The van der Waals surface area contributed by atoms with Crippen LogP contribution in [-0.4, -0.2) is 50.1 Å². The van der Waals surface area contributed by atoms with Crippen LogP contribution in [0.3, 0.4) is 0 Å². The molecule has 0 bridgehead atoms. The molecule has 1 aliphatic heterocycles. The molecule has 3 heterocycles. The Labute approximate surface area is 127 Å². The smallest absolute Gasteiger partial charge is 0.263 e. The summed E-state index contributed by atoms with van der Waals surface area (Å²) >= 11 is 5.99. The molecule has 0 spiro atoms. The minimum Gasteiger partial charge on any atom is -0.324 e. The van der Waals surface area contributed by atoms with Gasteiger partial charge in [0.1, 0.15) is 17.8 Å². The average molecular weight is 331 g/mol. The van der Waals surface area contributed by atoms with Crippen molar-refractivity contribution in [2.45, 2.75) is 23.9 Å². The van der Waals surface area contributed by atoms with Crippen molar-refractivity contribution in [1.82, 2.24) is 28.6 Å². The Kier molecular flexibility index (Phi) is 3.72. The molecule has 0 aliphatic carbocycles. The fourth-order valence-electron chi connectivity index (χ4n) is 2.44. The minimum absolute atomic E-state index is 0.0779. The van der Waals surface area contributed by atoms with Crippen molar-refractivity contribution in [3.8, 4) is 0 Å². The molecule has 2 aromatic heterocycles. The third-order valence-corrected chi connectivity index (χ3v) is 6.04. The number of hydrogen-bond donors (Lipinski definition) is 0. The van der Waals surface area contributed by atoms with Crippen molar-refractivity contribution in [2.75, 3.05) is 13.1 Å². The van der Waals surface area contributed by atoms with E-state index < -0.39 is 10.0 Å². The zero-order valence-corrected chi connectivity index (χ0v) is 13.0. The lowest BCUT2D eigenvalue weighted by Crippen LogP contribution is -2.39. The van der Waals surface area contributed by atoms with E-state index in [0.717, 1.165) is 0 Å². The number of halogens is 1. The average Bonchev–Trinajstić information content (AvgIpc) is 3.11. The largest absolute Gasteiger partial charge is 0.324 e. The summed E-state index contributed by atoms with van der Waals surface area (Å²) in [7, 11) is -1.98. The van der Waals surface area contributed by atoms with Crippen molar-refractivity contribution < 1.29 is 8.42 Å². The van der Waals surface area contributed by atoms with Gasteiger partial charge in [-0.2, -0.15) is 9.40 Å². The standard InChI is InChI=1S/C11H15ClN6O2S/c1-16-8-14-11(10(16)12)21(19,20)17-4-2-9(3-5-17)18-7-13-6-15-18/h6-9H,2-5H2,1H3. The molecule has 0 saturated carbocycles. The number of rotatable bonds is 3. The zero-order valence-electron chi connectivity index (χ0n) is 11.4. The topological polar surface area (TPSA) is 85.9 Å². The number of aryl methyl sites for hydroxylation is 1. The summed E-state index contributed by atoms with van der Waals surface area (Å²) in [6, 6.07) is 0.179. The van der Waals surface area contributed by atoms with E-state index in [4.69, 9.17) is 11.6 Å². The Morgan fingerprint density at radius 2 is 2.00 bits per heavy atom. The van der Waals surface area contributed by atoms with Crippen LogP contribution < -0.4 is 0 Å². The van der Waals surface area contributed by atoms with Crippen LogP contribution in [-0.2, 0) is 17.1 Å². The van der Waals surface area contributed by atoms with Gasteiger partial charge in [-0.25, -0.2) is 23.1 Å². The first-order valence-corrected chi connectivity index (χ1v) is 8.33. The SMILES string of the molecule is Cn1cnc(S(=O)(=O)N2CCC(n3cncn3)CC2)c1Cl. The molecule has 1 fully saturated rings. The van der Waals surface area contributed by atoms with Crippen molar-refractivity contribution in [2.24, 2.45) is 7.05 Å². The minimum atomic E-state index is -3.64. The Balaban J connectivity index is 1.76. The Hall–Kier alpha value is -1.45. The summed E-state index contributed by atoms with van der Waals surface area (Å²) in [5.74, 6) is 0. The van der Waals surface area contributed by atoms with E-state index >= 15 is 0 Å². The zero-order chi connectivity index (χ0) is 15.0. The molecular weight excluding hydrogens is 316 g/mol. The van der Waals surface area contributed by atoms with Gasteiger partial charge in [0.25, 0.3) is 10.0 Å². The Bertz CT molecular complexity index is 718. The highest BCUT2D eigenvalue weighted by molar-refractivity contribution is 7.89. The second-order valence-corrected chi connectivity index (χ2v) is 7.17. The summed E-state index contributed by atoms with van der Waals surface area (Å²) in [5.41, 5.74) is 0. The van der Waals surface area contributed by atoms with Crippen LogP contribution in [0.25, 0.3) is 0 Å². The Morgan fingerprint density at radius 3 is 2.52 bits per heavy atom. The van der Waals surface area contributed by atoms with Crippen LogP contribution >= 0.6 is 11.6 Å². The lowest BCUT2D eigenvalue weighted by Gasteiger charge is -2.30. The van der Waals surface area contributed by atoms with Crippen LogP contribution in [0.4, 0.5) is 0 Å². The first-order chi connectivity index (χ1) is 10.00. The first kappa shape index (κ1) is 14.5. The fraction of sp³-hybridized carbons (Fsp3) is 0.545. The van der Waals surface area contributed by atoms with Crippen molar-refractivity contribution in [3.05, 3.63) is 24.1 Å². The van der Waals surface area contributed by atoms with E-state index in [1.54, 1.807) is 18.1 Å². The molecule has 8 nitrogen and oxygen atoms in total. The highest BCUT2D eigenvalue weighted by atomic mass is 35.5. The summed E-state index contributed by atoms with van der Waals surface area (Å²) in [4.78, 5) is 7.82. The summed E-state index contributed by atoms with van der Waals surface area (Å²) in [6.07, 6.45) is 5.92. The molecule has 1 saturated heterocycles. The summed E-state index contributed by atoms with van der Waals surface area (Å²) in [5, 5.41) is 4.16. The molecule has 2 aromatic rings. The van der Waals surface area contributed by atoms with Gasteiger partial charge in [-0.15, -0.1) is 0 Å². The number of piperidine rings is 1. The maximum Gasteiger partial charge on any atom is 0.263 e. The van der Waals surface area contributed by atoms with Crippen LogP contribution in [0.5, 0.6) is 0 Å². The van der Waals surface area contributed by atoms with Gasteiger partial charge in [0.05, 0.1) is 12.4 Å². The molecule has 0 unspecified atom stereocenters. The summed E-state index contributed by atoms with van der Waals surface area (Å²) < 4.78 is 29.8. The van der Waals surface area contributed by atoms with E-state index in [-0.39, 0.29) is 16.2 Å². The molecular formula is C11H15ClN6O2S. The second-order valence-electron chi connectivity index (χ2n) is 4.96. The maximum atomic E-state index is 12.5. The second kappa shape index (κ2) is 5.39. The number of nitrogens with zero attached hydrogens (tertiary/aromatic N) is 6. The van der Waals surface area contributed by atoms with Crippen molar-refractivity contribution in [3.63, 3.8) is 0 Å². The molecule has 0 atom stereocenters. The number of hydrogen-bond acceptors (Lipinski definition) is 5. The van der Waals surface area contributed by atoms with Crippen LogP contribution in [0.1, 0.15) is 18.9 Å². The third-order valence-electron chi connectivity index (χ3n) is 3.65. The lowest BCUT2D eigenvalue weighted by molar-refractivity contribution is 0.260. The predicted molar refractivity (Wildman–Crippen MR) is 75.3 cm³/mol. The molecule has 0 amide bonds. The third kappa shape index (κ3) is 2.56. The van der Waals surface area contributed by atoms with Crippen molar-refractivity contribution >= 4 is 21.6 Å². The number of sulfonamides is 1. The molecule has 1 aliphatic rings. The lowest BCUT2D eigenvalue weighted by atomic mass is 10.1. The molecule has 3 rings (SSSR count). The van der Waals surface area contributed by atoms with E-state index in [1.807, 2.05) is 0 Å². The van der Waals surface area contributed by atoms with Crippen LogP contribution in [0, 0.1) is 0 Å². The number of imidazole rings is 1. The van der Waals surface area contributed by atoms with E-state index in [0.29, 0.717) is 25.9 Å². The van der Waals surface area contributed by atoms with Gasteiger partial charge in [-0.3, -0.25) is 0 Å². The van der Waals surface area contributed by atoms with Gasteiger partial charge in [0.15, 0.2) is 0 Å². The molecule has 114 valence electrons. The van der Waals surface area contributed by atoms with E-state index in [1.165, 1.54) is 21.5 Å². The maximum absolute atomic E-state index is 12.5. The van der Waals surface area contributed by atoms with Gasteiger partial charge >= 0.3 is 0 Å². The van der Waals surface area contributed by atoms with Gasteiger partial charge < -0.3 is 4.57 Å². The first-order valence-electron chi connectivity index (χ1n) is 6.51. The van der Waals surface area contributed by atoms with E-state index in [9.17, 15) is 8.42 Å². The van der Waals surface area contributed by atoms with Crippen LogP contribution in [0.2, 0.25) is 5.15 Å². The molecule has 0 N–H and O–H groups in total. The van der Waals surface area contributed by atoms with Gasteiger partial charge in [-0.1, -0.05) is 11.6 Å². The van der Waals surface area contributed by atoms with E-state index in [2.05, 4.69) is 15.1 Å². The van der Waals surface area contributed by atoms with Gasteiger partial charge in [0.2, 0.25) is 5.03 Å². The summed E-state index contributed by atoms with van der Waals surface area (Å²) in [6.45, 7) is 0.833. The van der Waals surface area contributed by atoms with Gasteiger partial charge in [-0.05, 0) is 12.8 Å². The monoisotopic (exact) mass is 330 g/mol. The normalized spacial score (nSPS) is 18.2. The fourth-order valence-corrected chi connectivity index (χ4v) is 4.30. The quantitative estimate of drug-likeness (QED) is 0.826. The highest BCUT2D eigenvalue weighted by Gasteiger charge is 2.33. The highest BCUT2D eigenvalue weighted by Crippen LogP contribution is 2.28.